The topological polar surface area (TPSA) is 49.4 Å². The molecule has 4 nitrogen and oxygen atoms in total. The fourth-order valence-corrected chi connectivity index (χ4v) is 3.20. The summed E-state index contributed by atoms with van der Waals surface area (Å²) >= 11 is 5.26. The molecule has 20 heavy (non-hydrogen) atoms. The van der Waals surface area contributed by atoms with Crippen molar-refractivity contribution in [3.63, 3.8) is 0 Å². The molecule has 1 fully saturated rings. The number of nitrogens with one attached hydrogen (secondary N) is 1. The molecule has 1 aromatic carbocycles. The molecule has 3 rings (SSSR count). The molecule has 0 atom stereocenters. The highest BCUT2D eigenvalue weighted by Gasteiger charge is 2.37. The maximum Gasteiger partial charge on any atom is 0.329 e. The van der Waals surface area contributed by atoms with Crippen molar-refractivity contribution in [1.82, 2.24) is 10.2 Å². The molecule has 5 heteroatoms. The van der Waals surface area contributed by atoms with E-state index in [0.29, 0.717) is 16.1 Å². The molecule has 3 amide bonds. The van der Waals surface area contributed by atoms with Gasteiger partial charge in [0.15, 0.2) is 0 Å². The van der Waals surface area contributed by atoms with E-state index >= 15 is 0 Å². The van der Waals surface area contributed by atoms with E-state index in [1.165, 1.54) is 6.42 Å². The van der Waals surface area contributed by atoms with Gasteiger partial charge in [0.05, 0.1) is 5.56 Å². The zero-order valence-electron chi connectivity index (χ0n) is 11.1. The second-order valence-corrected chi connectivity index (χ2v) is 5.66. The zero-order chi connectivity index (χ0) is 14.1. The number of thiocarbonyl (C=S) groups is 1. The average Bonchev–Trinajstić information content (AvgIpc) is 2.72. The number of rotatable bonds is 1. The number of carbonyl (C=O) groups excluding carboxylic acids is 2. The number of carbonyl (C=O) groups is 2. The fraction of sp³-hybridized carbons (Fsp3) is 0.400. The van der Waals surface area contributed by atoms with Crippen molar-refractivity contribution >= 4 is 29.1 Å². The van der Waals surface area contributed by atoms with Gasteiger partial charge in [-0.2, -0.15) is 0 Å². The molecule has 0 unspecified atom stereocenters. The van der Waals surface area contributed by atoms with Gasteiger partial charge < -0.3 is 5.32 Å². The van der Waals surface area contributed by atoms with Crippen LogP contribution in [0.15, 0.2) is 24.3 Å². The zero-order valence-corrected chi connectivity index (χ0v) is 11.9. The van der Waals surface area contributed by atoms with E-state index in [2.05, 4.69) is 5.32 Å². The molecule has 0 radical (unpaired) electrons. The Morgan fingerprint density at radius 2 is 1.80 bits per heavy atom. The standard InChI is InChI=1S/C15H16N2O2S/c18-13-11-8-4-5-9-12(11)14(20)17(13)15(19)16-10-6-2-1-3-7-10/h4-5,8-10H,1-3,6-7H2,(H,16,19). The first-order chi connectivity index (χ1) is 9.68. The van der Waals surface area contributed by atoms with E-state index < -0.39 is 0 Å². The lowest BCUT2D eigenvalue weighted by Crippen LogP contribution is -2.47. The molecular formula is C15H16N2O2S. The van der Waals surface area contributed by atoms with Gasteiger partial charge in [-0.3, -0.25) is 4.79 Å². The smallest absolute Gasteiger partial charge is 0.329 e. The number of benzene rings is 1. The van der Waals surface area contributed by atoms with Gasteiger partial charge in [0.2, 0.25) is 0 Å². The van der Waals surface area contributed by atoms with E-state index in [9.17, 15) is 9.59 Å². The van der Waals surface area contributed by atoms with Crippen LogP contribution in [0.1, 0.15) is 48.0 Å². The van der Waals surface area contributed by atoms with Crippen molar-refractivity contribution < 1.29 is 9.59 Å². The number of fused-ring (bicyclic) bond motifs is 1. The van der Waals surface area contributed by atoms with Crippen molar-refractivity contribution in [2.75, 3.05) is 0 Å². The molecule has 1 aromatic rings. The molecule has 0 aromatic heterocycles. The highest BCUT2D eigenvalue weighted by atomic mass is 32.1. The first-order valence-electron chi connectivity index (χ1n) is 6.97. The van der Waals surface area contributed by atoms with Crippen LogP contribution in [0.2, 0.25) is 0 Å². The van der Waals surface area contributed by atoms with Crippen LogP contribution in [0, 0.1) is 0 Å². The lowest BCUT2D eigenvalue weighted by molar-refractivity contribution is 0.0883. The molecule has 1 N–H and O–H groups in total. The first kappa shape index (κ1) is 13.2. The molecule has 0 spiro atoms. The Bertz CT molecular complexity index is 544. The second kappa shape index (κ2) is 5.32. The van der Waals surface area contributed by atoms with Crippen LogP contribution in [-0.2, 0) is 0 Å². The van der Waals surface area contributed by atoms with Crippen LogP contribution >= 0.6 is 12.2 Å². The highest BCUT2D eigenvalue weighted by molar-refractivity contribution is 7.80. The van der Waals surface area contributed by atoms with Gasteiger partial charge in [-0.05, 0) is 18.9 Å². The van der Waals surface area contributed by atoms with Crippen LogP contribution in [0.25, 0.3) is 0 Å². The maximum absolute atomic E-state index is 12.3. The number of hydrogen-bond donors (Lipinski definition) is 1. The number of hydrogen-bond acceptors (Lipinski definition) is 3. The Labute approximate surface area is 123 Å². The Kier molecular flexibility index (Phi) is 3.53. The van der Waals surface area contributed by atoms with E-state index in [1.807, 2.05) is 6.07 Å². The molecule has 0 saturated heterocycles. The molecule has 1 aliphatic heterocycles. The molecule has 2 aliphatic rings. The van der Waals surface area contributed by atoms with Crippen molar-refractivity contribution in [3.05, 3.63) is 35.4 Å². The Morgan fingerprint density at radius 1 is 1.15 bits per heavy atom. The van der Waals surface area contributed by atoms with Crippen LogP contribution in [0.3, 0.4) is 0 Å². The molecule has 1 saturated carbocycles. The van der Waals surface area contributed by atoms with E-state index in [-0.39, 0.29) is 18.0 Å². The lowest BCUT2D eigenvalue weighted by atomic mass is 9.96. The summed E-state index contributed by atoms with van der Waals surface area (Å²) in [5.74, 6) is -0.320. The van der Waals surface area contributed by atoms with E-state index in [1.54, 1.807) is 18.2 Å². The van der Waals surface area contributed by atoms with Crippen LogP contribution in [-0.4, -0.2) is 27.9 Å². The third kappa shape index (κ3) is 2.22. The minimum absolute atomic E-state index is 0.163. The van der Waals surface area contributed by atoms with Crippen LogP contribution in [0.5, 0.6) is 0 Å². The maximum atomic E-state index is 12.3. The van der Waals surface area contributed by atoms with Crippen molar-refractivity contribution in [2.24, 2.45) is 0 Å². The van der Waals surface area contributed by atoms with Gasteiger partial charge in [0.1, 0.15) is 4.99 Å². The Balaban J connectivity index is 1.76. The van der Waals surface area contributed by atoms with E-state index in [4.69, 9.17) is 12.2 Å². The van der Waals surface area contributed by atoms with Crippen molar-refractivity contribution in [3.8, 4) is 0 Å². The van der Waals surface area contributed by atoms with Crippen molar-refractivity contribution in [1.29, 1.82) is 0 Å². The summed E-state index contributed by atoms with van der Waals surface area (Å²) in [6, 6.07) is 6.86. The van der Waals surface area contributed by atoms with Gasteiger partial charge in [-0.25, -0.2) is 9.69 Å². The summed E-state index contributed by atoms with van der Waals surface area (Å²) in [6.45, 7) is 0. The molecule has 1 heterocycles. The molecule has 1 aliphatic carbocycles. The SMILES string of the molecule is O=C(NC1CCCCC1)N1C(=O)c2ccccc2C1=S. The van der Waals surface area contributed by atoms with Gasteiger partial charge in [-0.1, -0.05) is 49.7 Å². The third-order valence-corrected chi connectivity index (χ3v) is 4.33. The summed E-state index contributed by atoms with van der Waals surface area (Å²) < 4.78 is 0. The van der Waals surface area contributed by atoms with E-state index in [0.717, 1.165) is 30.6 Å². The summed E-state index contributed by atoms with van der Waals surface area (Å²) in [6.07, 6.45) is 5.44. The largest absolute Gasteiger partial charge is 0.335 e. The predicted octanol–water partition coefficient (Wildman–Crippen LogP) is 2.86. The minimum atomic E-state index is -0.386. The lowest BCUT2D eigenvalue weighted by Gasteiger charge is -2.25. The first-order valence-corrected chi connectivity index (χ1v) is 7.37. The number of urea groups is 1. The quantitative estimate of drug-likeness (QED) is 0.808. The number of nitrogens with zero attached hydrogens (tertiary/aromatic N) is 1. The number of imide groups is 1. The van der Waals surface area contributed by atoms with Gasteiger partial charge in [0.25, 0.3) is 5.91 Å². The summed E-state index contributed by atoms with van der Waals surface area (Å²) in [4.78, 5) is 26.0. The van der Waals surface area contributed by atoms with Crippen LogP contribution in [0.4, 0.5) is 4.79 Å². The molecular weight excluding hydrogens is 272 g/mol. The Morgan fingerprint density at radius 3 is 2.45 bits per heavy atom. The average molecular weight is 288 g/mol. The summed E-state index contributed by atoms with van der Waals surface area (Å²) in [7, 11) is 0. The van der Waals surface area contributed by atoms with Gasteiger partial charge in [0, 0.05) is 11.6 Å². The highest BCUT2D eigenvalue weighted by Crippen LogP contribution is 2.24. The second-order valence-electron chi connectivity index (χ2n) is 5.28. The summed E-state index contributed by atoms with van der Waals surface area (Å²) in [5, 5.41) is 2.94. The number of amides is 3. The monoisotopic (exact) mass is 288 g/mol. The molecule has 104 valence electrons. The van der Waals surface area contributed by atoms with Gasteiger partial charge in [-0.15, -0.1) is 0 Å². The minimum Gasteiger partial charge on any atom is -0.335 e. The predicted molar refractivity (Wildman–Crippen MR) is 79.7 cm³/mol. The fourth-order valence-electron chi connectivity index (χ4n) is 2.86. The third-order valence-electron chi connectivity index (χ3n) is 3.93. The van der Waals surface area contributed by atoms with Crippen molar-refractivity contribution in [2.45, 2.75) is 38.1 Å². The summed E-state index contributed by atoms with van der Waals surface area (Å²) in [5.41, 5.74) is 1.18. The molecule has 0 bridgehead atoms. The van der Waals surface area contributed by atoms with Gasteiger partial charge >= 0.3 is 6.03 Å². The Hall–Kier alpha value is -1.75. The normalized spacial score (nSPS) is 19.1. The van der Waals surface area contributed by atoms with Crippen LogP contribution < -0.4 is 5.32 Å².